The molecule has 1 aromatic carbocycles. The van der Waals surface area contributed by atoms with Gasteiger partial charge in [-0.05, 0) is 36.8 Å². The van der Waals surface area contributed by atoms with Gasteiger partial charge in [0.25, 0.3) is 0 Å². The summed E-state index contributed by atoms with van der Waals surface area (Å²) in [7, 11) is 0. The van der Waals surface area contributed by atoms with Crippen molar-refractivity contribution < 1.29 is 9.52 Å². The van der Waals surface area contributed by atoms with Crippen LogP contribution in [-0.2, 0) is 0 Å². The highest BCUT2D eigenvalue weighted by atomic mass is 35.5. The zero-order valence-electron chi connectivity index (χ0n) is 8.27. The third-order valence-electron chi connectivity index (χ3n) is 2.20. The fourth-order valence-corrected chi connectivity index (χ4v) is 1.64. The number of halogens is 1. The first kappa shape index (κ1) is 10.3. The Balaban J connectivity index is 2.32. The lowest BCUT2D eigenvalue weighted by Crippen LogP contribution is -1.97. The number of furan rings is 1. The highest BCUT2D eigenvalue weighted by molar-refractivity contribution is 6.30. The van der Waals surface area contributed by atoms with Crippen molar-refractivity contribution in [3.05, 3.63) is 58.5 Å². The van der Waals surface area contributed by atoms with Gasteiger partial charge in [0, 0.05) is 5.02 Å². The second kappa shape index (κ2) is 4.09. The Labute approximate surface area is 93.1 Å². The molecule has 0 aliphatic rings. The van der Waals surface area contributed by atoms with Gasteiger partial charge in [0.2, 0.25) is 0 Å². The summed E-state index contributed by atoms with van der Waals surface area (Å²) in [6, 6.07) is 10.7. The topological polar surface area (TPSA) is 33.4 Å². The average molecular weight is 223 g/mol. The number of aliphatic hydroxyl groups excluding tert-OH is 1. The molecule has 2 nitrogen and oxygen atoms in total. The fourth-order valence-electron chi connectivity index (χ4n) is 1.44. The number of aryl methyl sites for hydroxylation is 1. The summed E-state index contributed by atoms with van der Waals surface area (Å²) in [5, 5.41) is 10.6. The lowest BCUT2D eigenvalue weighted by atomic mass is 10.1. The summed E-state index contributed by atoms with van der Waals surface area (Å²) in [4.78, 5) is 0. The summed E-state index contributed by atoms with van der Waals surface area (Å²) < 4.78 is 5.35. The van der Waals surface area contributed by atoms with Gasteiger partial charge in [-0.15, -0.1) is 0 Å². The zero-order valence-corrected chi connectivity index (χ0v) is 9.03. The van der Waals surface area contributed by atoms with E-state index >= 15 is 0 Å². The normalized spacial score (nSPS) is 12.7. The van der Waals surface area contributed by atoms with Crippen LogP contribution in [0.15, 0.2) is 40.8 Å². The van der Waals surface area contributed by atoms with Gasteiger partial charge in [-0.25, -0.2) is 0 Å². The van der Waals surface area contributed by atoms with Crippen LogP contribution < -0.4 is 0 Å². The molecule has 0 unspecified atom stereocenters. The predicted octanol–water partition coefficient (Wildman–Crippen LogP) is 3.32. The van der Waals surface area contributed by atoms with E-state index in [0.717, 1.165) is 11.3 Å². The van der Waals surface area contributed by atoms with Gasteiger partial charge in [0.05, 0.1) is 0 Å². The molecule has 1 atom stereocenters. The number of rotatable bonds is 2. The molecule has 1 N–H and O–H groups in total. The van der Waals surface area contributed by atoms with Crippen molar-refractivity contribution >= 4 is 11.6 Å². The van der Waals surface area contributed by atoms with E-state index in [1.165, 1.54) is 0 Å². The highest BCUT2D eigenvalue weighted by Crippen LogP contribution is 2.25. The number of hydrogen-bond acceptors (Lipinski definition) is 2. The minimum Gasteiger partial charge on any atom is -0.463 e. The van der Waals surface area contributed by atoms with Crippen molar-refractivity contribution in [2.24, 2.45) is 0 Å². The van der Waals surface area contributed by atoms with E-state index in [1.807, 2.05) is 19.1 Å². The Hall–Kier alpha value is -1.25. The Morgan fingerprint density at radius 2 is 2.07 bits per heavy atom. The molecule has 1 heterocycles. The minimum absolute atomic E-state index is 0.537. The number of hydrogen-bond donors (Lipinski definition) is 1. The van der Waals surface area contributed by atoms with Gasteiger partial charge >= 0.3 is 0 Å². The summed E-state index contributed by atoms with van der Waals surface area (Å²) in [5.41, 5.74) is 0.733. The third-order valence-corrected chi connectivity index (χ3v) is 2.43. The Bertz CT molecular complexity index is 462. The maximum absolute atomic E-state index is 9.98. The van der Waals surface area contributed by atoms with Crippen molar-refractivity contribution in [1.82, 2.24) is 0 Å². The first-order chi connectivity index (χ1) is 7.16. The molecule has 0 radical (unpaired) electrons. The van der Waals surface area contributed by atoms with Crippen LogP contribution in [-0.4, -0.2) is 5.11 Å². The van der Waals surface area contributed by atoms with E-state index in [1.54, 1.807) is 24.3 Å². The molecule has 0 saturated carbocycles. The SMILES string of the molecule is Cc1ccc([C@H](O)c2cccc(Cl)c2)o1. The van der Waals surface area contributed by atoms with Crippen LogP contribution in [0.4, 0.5) is 0 Å². The van der Waals surface area contributed by atoms with Crippen molar-refractivity contribution in [2.45, 2.75) is 13.0 Å². The Morgan fingerprint density at radius 1 is 1.27 bits per heavy atom. The molecule has 0 saturated heterocycles. The smallest absolute Gasteiger partial charge is 0.137 e. The number of benzene rings is 1. The monoisotopic (exact) mass is 222 g/mol. The van der Waals surface area contributed by atoms with Gasteiger partial charge in [-0.3, -0.25) is 0 Å². The first-order valence-corrected chi connectivity index (χ1v) is 5.04. The van der Waals surface area contributed by atoms with Gasteiger partial charge in [-0.1, -0.05) is 23.7 Å². The van der Waals surface area contributed by atoms with E-state index in [0.29, 0.717) is 10.8 Å². The van der Waals surface area contributed by atoms with E-state index in [4.69, 9.17) is 16.0 Å². The van der Waals surface area contributed by atoms with Crippen LogP contribution >= 0.6 is 11.6 Å². The second-order valence-corrected chi connectivity index (χ2v) is 3.84. The lowest BCUT2D eigenvalue weighted by Gasteiger charge is -2.07. The highest BCUT2D eigenvalue weighted by Gasteiger charge is 2.13. The van der Waals surface area contributed by atoms with E-state index in [2.05, 4.69) is 0 Å². The maximum Gasteiger partial charge on any atom is 0.137 e. The fraction of sp³-hybridized carbons (Fsp3) is 0.167. The Kier molecular flexibility index (Phi) is 2.80. The molecule has 0 fully saturated rings. The molecule has 1 aromatic heterocycles. The van der Waals surface area contributed by atoms with E-state index in [-0.39, 0.29) is 0 Å². The molecule has 0 aliphatic heterocycles. The summed E-state index contributed by atoms with van der Waals surface area (Å²) in [5.74, 6) is 1.32. The minimum atomic E-state index is -0.752. The quantitative estimate of drug-likeness (QED) is 0.846. The van der Waals surface area contributed by atoms with Gasteiger partial charge < -0.3 is 9.52 Å². The van der Waals surface area contributed by atoms with Gasteiger partial charge in [-0.2, -0.15) is 0 Å². The van der Waals surface area contributed by atoms with Crippen molar-refractivity contribution in [3.8, 4) is 0 Å². The van der Waals surface area contributed by atoms with Crippen LogP contribution in [0.3, 0.4) is 0 Å². The molecule has 0 bridgehead atoms. The summed E-state index contributed by atoms with van der Waals surface area (Å²) in [6.07, 6.45) is -0.752. The van der Waals surface area contributed by atoms with E-state index in [9.17, 15) is 5.11 Å². The summed E-state index contributed by atoms with van der Waals surface area (Å²) in [6.45, 7) is 1.84. The first-order valence-electron chi connectivity index (χ1n) is 4.66. The molecular weight excluding hydrogens is 212 g/mol. The Morgan fingerprint density at radius 3 is 2.67 bits per heavy atom. The maximum atomic E-state index is 9.98. The lowest BCUT2D eigenvalue weighted by molar-refractivity contribution is 0.187. The van der Waals surface area contributed by atoms with Crippen molar-refractivity contribution in [2.75, 3.05) is 0 Å². The van der Waals surface area contributed by atoms with Gasteiger partial charge in [0.15, 0.2) is 0 Å². The molecule has 15 heavy (non-hydrogen) atoms. The zero-order chi connectivity index (χ0) is 10.8. The molecule has 2 rings (SSSR count). The van der Waals surface area contributed by atoms with Crippen LogP contribution in [0.5, 0.6) is 0 Å². The standard InChI is InChI=1S/C12H11ClO2/c1-8-5-6-11(15-8)12(14)9-3-2-4-10(13)7-9/h2-7,12,14H,1H3/t12-/m1/s1. The molecule has 78 valence electrons. The van der Waals surface area contributed by atoms with E-state index < -0.39 is 6.10 Å². The average Bonchev–Trinajstić information content (AvgIpc) is 2.64. The molecule has 0 aliphatic carbocycles. The molecule has 0 spiro atoms. The molecule has 3 heteroatoms. The molecule has 0 amide bonds. The second-order valence-electron chi connectivity index (χ2n) is 3.41. The predicted molar refractivity (Wildman–Crippen MR) is 59.0 cm³/mol. The van der Waals surface area contributed by atoms with Crippen LogP contribution in [0.2, 0.25) is 5.02 Å². The van der Waals surface area contributed by atoms with Crippen LogP contribution in [0.1, 0.15) is 23.2 Å². The summed E-state index contributed by atoms with van der Waals surface area (Å²) >= 11 is 5.84. The molecule has 2 aromatic rings. The van der Waals surface area contributed by atoms with Crippen molar-refractivity contribution in [1.29, 1.82) is 0 Å². The van der Waals surface area contributed by atoms with Crippen molar-refractivity contribution in [3.63, 3.8) is 0 Å². The van der Waals surface area contributed by atoms with Crippen LogP contribution in [0.25, 0.3) is 0 Å². The van der Waals surface area contributed by atoms with Crippen LogP contribution in [0, 0.1) is 6.92 Å². The van der Waals surface area contributed by atoms with Gasteiger partial charge in [0.1, 0.15) is 17.6 Å². The third kappa shape index (κ3) is 2.22. The largest absolute Gasteiger partial charge is 0.463 e. The number of aliphatic hydroxyl groups is 1. The molecular formula is C12H11ClO2.